The monoisotopic (exact) mass is 318 g/mol. The molecule has 1 aliphatic rings. The Morgan fingerprint density at radius 2 is 1.48 bits per heavy atom. The lowest BCUT2D eigenvalue weighted by Crippen LogP contribution is -2.48. The molecule has 0 bridgehead atoms. The van der Waals surface area contributed by atoms with Gasteiger partial charge in [-0.1, -0.05) is 60.7 Å². The number of halogens is 3. The van der Waals surface area contributed by atoms with E-state index in [9.17, 15) is 18.0 Å². The van der Waals surface area contributed by atoms with Crippen molar-refractivity contribution in [3.63, 3.8) is 0 Å². The minimum Gasteiger partial charge on any atom is -0.441 e. The normalized spacial score (nSPS) is 21.5. The van der Waals surface area contributed by atoms with E-state index in [0.29, 0.717) is 11.1 Å². The Morgan fingerprint density at radius 3 is 2.04 bits per heavy atom. The summed E-state index contributed by atoms with van der Waals surface area (Å²) >= 11 is 0. The Hall–Kier alpha value is -2.56. The molecule has 2 nitrogen and oxygen atoms in total. The minimum atomic E-state index is -4.72. The summed E-state index contributed by atoms with van der Waals surface area (Å²) in [6, 6.07) is 15.8. The third-order valence-electron chi connectivity index (χ3n) is 3.85. The van der Waals surface area contributed by atoms with Gasteiger partial charge in [-0.15, -0.1) is 0 Å². The molecule has 5 heteroatoms. The zero-order valence-corrected chi connectivity index (χ0v) is 12.0. The number of rotatable bonds is 2. The molecule has 0 aromatic heterocycles. The van der Waals surface area contributed by atoms with Crippen molar-refractivity contribution in [1.82, 2.24) is 0 Å². The van der Waals surface area contributed by atoms with Gasteiger partial charge in [-0.25, -0.2) is 4.79 Å². The molecule has 0 saturated carbocycles. The standard InChI is InChI=1S/C18H13F3O2/c19-18(20,21)17(15-9-5-2-6-10-15)12-14(11-16(22)23-17)13-7-3-1-4-8-13/h1-11H,12H2. The van der Waals surface area contributed by atoms with Crippen LogP contribution in [0.25, 0.3) is 5.57 Å². The largest absolute Gasteiger partial charge is 0.441 e. The van der Waals surface area contributed by atoms with Crippen molar-refractivity contribution in [2.45, 2.75) is 18.2 Å². The zero-order valence-electron chi connectivity index (χ0n) is 12.0. The highest BCUT2D eigenvalue weighted by atomic mass is 19.4. The summed E-state index contributed by atoms with van der Waals surface area (Å²) < 4.78 is 46.4. The fourth-order valence-electron chi connectivity index (χ4n) is 2.73. The average molecular weight is 318 g/mol. The molecule has 2 aromatic rings. The van der Waals surface area contributed by atoms with Gasteiger partial charge < -0.3 is 4.74 Å². The highest BCUT2D eigenvalue weighted by molar-refractivity contribution is 5.93. The van der Waals surface area contributed by atoms with Crippen LogP contribution in [-0.4, -0.2) is 12.1 Å². The molecule has 0 amide bonds. The highest BCUT2D eigenvalue weighted by Gasteiger charge is 2.60. The van der Waals surface area contributed by atoms with Crippen LogP contribution in [0, 0.1) is 0 Å². The fourth-order valence-corrected chi connectivity index (χ4v) is 2.73. The van der Waals surface area contributed by atoms with E-state index >= 15 is 0 Å². The Bertz CT molecular complexity index is 736. The summed E-state index contributed by atoms with van der Waals surface area (Å²) in [5.41, 5.74) is -1.86. The molecule has 0 spiro atoms. The van der Waals surface area contributed by atoms with Gasteiger partial charge >= 0.3 is 12.1 Å². The summed E-state index contributed by atoms with van der Waals surface area (Å²) in [6.07, 6.45) is -4.04. The van der Waals surface area contributed by atoms with E-state index < -0.39 is 24.2 Å². The van der Waals surface area contributed by atoms with Gasteiger partial charge in [0.15, 0.2) is 0 Å². The van der Waals surface area contributed by atoms with Crippen LogP contribution >= 0.6 is 0 Å². The summed E-state index contributed by atoms with van der Waals surface area (Å²) in [7, 11) is 0. The van der Waals surface area contributed by atoms with Gasteiger partial charge in [0.25, 0.3) is 0 Å². The van der Waals surface area contributed by atoms with Crippen LogP contribution in [0.2, 0.25) is 0 Å². The number of alkyl halides is 3. The maximum atomic E-state index is 13.8. The van der Waals surface area contributed by atoms with E-state index in [4.69, 9.17) is 4.74 Å². The molecule has 0 aliphatic carbocycles. The van der Waals surface area contributed by atoms with Crippen LogP contribution < -0.4 is 0 Å². The topological polar surface area (TPSA) is 26.3 Å². The van der Waals surface area contributed by atoms with Crippen molar-refractivity contribution in [2.75, 3.05) is 0 Å². The van der Waals surface area contributed by atoms with Gasteiger partial charge in [0.2, 0.25) is 5.60 Å². The van der Waals surface area contributed by atoms with Crippen LogP contribution in [0.5, 0.6) is 0 Å². The number of benzene rings is 2. The van der Waals surface area contributed by atoms with E-state index in [0.717, 1.165) is 6.08 Å². The van der Waals surface area contributed by atoms with Gasteiger partial charge in [-0.2, -0.15) is 13.2 Å². The molecule has 118 valence electrons. The van der Waals surface area contributed by atoms with Gasteiger partial charge in [0.05, 0.1) is 0 Å². The predicted molar refractivity (Wildman–Crippen MR) is 79.3 cm³/mol. The molecule has 0 saturated heterocycles. The predicted octanol–water partition coefficient (Wildman–Crippen LogP) is 4.47. The molecule has 2 aromatic carbocycles. The number of ether oxygens (including phenoxy) is 1. The molecule has 1 atom stereocenters. The molecule has 3 rings (SSSR count). The van der Waals surface area contributed by atoms with Gasteiger partial charge in [-0.3, -0.25) is 0 Å². The Labute approximate surface area is 131 Å². The quantitative estimate of drug-likeness (QED) is 0.763. The molecular formula is C18H13F3O2. The molecular weight excluding hydrogens is 305 g/mol. The van der Waals surface area contributed by atoms with Crippen LogP contribution in [0.1, 0.15) is 17.5 Å². The maximum absolute atomic E-state index is 13.8. The van der Waals surface area contributed by atoms with Crippen molar-refractivity contribution < 1.29 is 22.7 Å². The van der Waals surface area contributed by atoms with E-state index in [-0.39, 0.29) is 5.56 Å². The van der Waals surface area contributed by atoms with E-state index in [1.54, 1.807) is 36.4 Å². The Morgan fingerprint density at radius 1 is 0.913 bits per heavy atom. The van der Waals surface area contributed by atoms with Crippen LogP contribution in [0.15, 0.2) is 66.7 Å². The third kappa shape index (κ3) is 2.74. The second-order valence-corrected chi connectivity index (χ2v) is 5.32. The summed E-state index contributed by atoms with van der Waals surface area (Å²) in [4.78, 5) is 11.9. The molecule has 1 heterocycles. The Kier molecular flexibility index (Phi) is 3.72. The fraction of sp³-hybridized carbons (Fsp3) is 0.167. The number of esters is 1. The SMILES string of the molecule is O=C1C=C(c2ccccc2)CC(c2ccccc2)(C(F)(F)F)O1. The molecule has 1 unspecified atom stereocenters. The molecule has 0 N–H and O–H groups in total. The average Bonchev–Trinajstić information content (AvgIpc) is 2.55. The molecule has 23 heavy (non-hydrogen) atoms. The zero-order chi connectivity index (χ0) is 16.5. The van der Waals surface area contributed by atoms with E-state index in [1.807, 2.05) is 0 Å². The van der Waals surface area contributed by atoms with Crippen LogP contribution in [-0.2, 0) is 15.1 Å². The molecule has 0 fully saturated rings. The van der Waals surface area contributed by atoms with Gasteiger partial charge in [0.1, 0.15) is 0 Å². The lowest BCUT2D eigenvalue weighted by atomic mass is 9.82. The van der Waals surface area contributed by atoms with Crippen molar-refractivity contribution in [3.05, 3.63) is 77.9 Å². The van der Waals surface area contributed by atoms with E-state index in [1.165, 1.54) is 24.3 Å². The second kappa shape index (κ2) is 5.57. The number of hydrogen-bond donors (Lipinski definition) is 0. The van der Waals surface area contributed by atoms with Crippen LogP contribution in [0.4, 0.5) is 13.2 Å². The molecule has 1 aliphatic heterocycles. The highest BCUT2D eigenvalue weighted by Crippen LogP contribution is 2.50. The van der Waals surface area contributed by atoms with Crippen molar-refractivity contribution in [3.8, 4) is 0 Å². The summed E-state index contributed by atoms with van der Waals surface area (Å²) in [5, 5.41) is 0. The lowest BCUT2D eigenvalue weighted by molar-refractivity contribution is -0.274. The van der Waals surface area contributed by atoms with Crippen molar-refractivity contribution >= 4 is 11.5 Å². The van der Waals surface area contributed by atoms with E-state index in [2.05, 4.69) is 0 Å². The number of hydrogen-bond acceptors (Lipinski definition) is 2. The third-order valence-corrected chi connectivity index (χ3v) is 3.85. The number of cyclic esters (lactones) is 1. The maximum Gasteiger partial charge on any atom is 0.433 e. The van der Waals surface area contributed by atoms with Crippen LogP contribution in [0.3, 0.4) is 0 Å². The minimum absolute atomic E-state index is 0.0811. The summed E-state index contributed by atoms with van der Waals surface area (Å²) in [5.74, 6) is -0.990. The first kappa shape index (κ1) is 15.3. The number of carbonyl (C=O) groups is 1. The summed E-state index contributed by atoms with van der Waals surface area (Å²) in [6.45, 7) is 0. The first-order valence-electron chi connectivity index (χ1n) is 7.04. The van der Waals surface area contributed by atoms with Crippen molar-refractivity contribution in [1.29, 1.82) is 0 Å². The number of carbonyl (C=O) groups excluding carboxylic acids is 1. The first-order valence-corrected chi connectivity index (χ1v) is 7.04. The first-order chi connectivity index (χ1) is 10.9. The van der Waals surface area contributed by atoms with Gasteiger partial charge in [0, 0.05) is 18.1 Å². The smallest absolute Gasteiger partial charge is 0.433 e. The Balaban J connectivity index is 2.12. The van der Waals surface area contributed by atoms with Crippen molar-refractivity contribution in [2.24, 2.45) is 0 Å². The molecule has 0 radical (unpaired) electrons. The lowest BCUT2D eigenvalue weighted by Gasteiger charge is -2.38. The second-order valence-electron chi connectivity index (χ2n) is 5.32. The van der Waals surface area contributed by atoms with Gasteiger partial charge in [-0.05, 0) is 11.1 Å².